The summed E-state index contributed by atoms with van der Waals surface area (Å²) in [5, 5.41) is 0. The number of hydrogen-bond acceptors (Lipinski definition) is 3. The van der Waals surface area contributed by atoms with Crippen molar-refractivity contribution in [1.29, 1.82) is 0 Å². The van der Waals surface area contributed by atoms with Crippen molar-refractivity contribution in [3.8, 4) is 0 Å². The highest BCUT2D eigenvalue weighted by Crippen LogP contribution is 2.32. The van der Waals surface area contributed by atoms with Crippen molar-refractivity contribution in [3.05, 3.63) is 0 Å². The van der Waals surface area contributed by atoms with E-state index in [2.05, 4.69) is 51.5 Å². The third kappa shape index (κ3) is 5.95. The lowest BCUT2D eigenvalue weighted by Gasteiger charge is -2.47. The monoisotopic (exact) mass is 331 g/mol. The van der Waals surface area contributed by atoms with Crippen molar-refractivity contribution in [3.63, 3.8) is 0 Å². The maximum Gasteiger partial charge on any atom is 0.272 e. The van der Waals surface area contributed by atoms with Crippen molar-refractivity contribution in [1.82, 2.24) is 14.7 Å². The van der Waals surface area contributed by atoms with Crippen molar-refractivity contribution in [2.45, 2.75) is 53.0 Å². The molecule has 2 aliphatic rings. The summed E-state index contributed by atoms with van der Waals surface area (Å²) in [6.45, 7) is 16.4. The average molecular weight is 331 g/mol. The minimum Gasteiger partial charge on any atom is -0.301 e. The van der Waals surface area contributed by atoms with Crippen LogP contribution in [0, 0.1) is 10.8 Å². The molecule has 2 fully saturated rings. The predicted molar refractivity (Wildman–Crippen MR) is 92.1 cm³/mol. The van der Waals surface area contributed by atoms with Crippen LogP contribution in [-0.2, 0) is 0 Å². The van der Waals surface area contributed by atoms with E-state index >= 15 is 0 Å². The molecule has 0 saturated carbocycles. The Hall–Kier alpha value is -0.260. The zero-order valence-corrected chi connectivity index (χ0v) is 15.8. The Kier molecular flexibility index (Phi) is 5.44. The lowest BCUT2D eigenvalue weighted by molar-refractivity contribution is -0.139. The minimum absolute atomic E-state index is 0.0589. The molecule has 5 heteroatoms. The van der Waals surface area contributed by atoms with E-state index < -0.39 is 5.92 Å². The second-order valence-electron chi connectivity index (χ2n) is 9.80. The van der Waals surface area contributed by atoms with Crippen LogP contribution in [0.1, 0.15) is 41.0 Å². The number of halogens is 2. The summed E-state index contributed by atoms with van der Waals surface area (Å²) < 4.78 is 25.9. The van der Waals surface area contributed by atoms with Crippen molar-refractivity contribution in [2.24, 2.45) is 10.8 Å². The first-order valence-corrected chi connectivity index (χ1v) is 8.88. The number of hydrogen-bond donors (Lipinski definition) is 0. The van der Waals surface area contributed by atoms with Gasteiger partial charge in [0.1, 0.15) is 0 Å². The molecule has 136 valence electrons. The number of nitrogens with zero attached hydrogens (tertiary/aromatic N) is 3. The SMILES string of the molecule is CN(CCC(C)(C)CN1CC(F)(F)C1)C1CN(CC(C)(C)C)C1. The standard InChI is InChI=1S/C18H35F2N3/c1-16(2,3)11-22-9-15(10-22)21(6)8-7-17(4,5)12-23-13-18(19,20)14-23/h15H,7-14H2,1-6H3. The van der Waals surface area contributed by atoms with Crippen molar-refractivity contribution >= 4 is 0 Å². The maximum atomic E-state index is 12.9. The molecule has 0 aromatic heterocycles. The molecule has 0 unspecified atom stereocenters. The molecule has 0 aromatic carbocycles. The third-order valence-corrected chi connectivity index (χ3v) is 4.96. The highest BCUT2D eigenvalue weighted by molar-refractivity contribution is 4.92. The van der Waals surface area contributed by atoms with Crippen LogP contribution in [0.4, 0.5) is 8.78 Å². The van der Waals surface area contributed by atoms with Gasteiger partial charge in [-0.2, -0.15) is 0 Å². The number of alkyl halides is 2. The molecule has 0 radical (unpaired) electrons. The zero-order valence-electron chi connectivity index (χ0n) is 15.8. The molecule has 3 nitrogen and oxygen atoms in total. The average Bonchev–Trinajstić information content (AvgIpc) is 2.26. The van der Waals surface area contributed by atoms with E-state index in [-0.39, 0.29) is 18.5 Å². The van der Waals surface area contributed by atoms with E-state index in [4.69, 9.17) is 0 Å². The molecule has 2 saturated heterocycles. The van der Waals surface area contributed by atoms with Crippen LogP contribution in [0.2, 0.25) is 0 Å². The zero-order chi connectivity index (χ0) is 17.5. The Labute approximate surface area is 141 Å². The van der Waals surface area contributed by atoms with Gasteiger partial charge in [0.2, 0.25) is 0 Å². The van der Waals surface area contributed by atoms with E-state index in [0.29, 0.717) is 11.5 Å². The Bertz CT molecular complexity index is 390. The van der Waals surface area contributed by atoms with Gasteiger partial charge in [-0.3, -0.25) is 9.80 Å². The lowest BCUT2D eigenvalue weighted by Crippen LogP contribution is -2.60. The highest BCUT2D eigenvalue weighted by atomic mass is 19.3. The van der Waals surface area contributed by atoms with Crippen LogP contribution in [-0.4, -0.2) is 79.5 Å². The summed E-state index contributed by atoms with van der Waals surface area (Å²) >= 11 is 0. The topological polar surface area (TPSA) is 9.72 Å². The molecule has 0 aliphatic carbocycles. The smallest absolute Gasteiger partial charge is 0.272 e. The molecule has 0 aromatic rings. The van der Waals surface area contributed by atoms with E-state index in [1.165, 1.54) is 0 Å². The fourth-order valence-electron chi connectivity index (χ4n) is 3.69. The Morgan fingerprint density at radius 2 is 1.57 bits per heavy atom. The molecule has 0 amide bonds. The molecule has 2 heterocycles. The van der Waals surface area contributed by atoms with Crippen LogP contribution in [0.5, 0.6) is 0 Å². The molecule has 0 bridgehead atoms. The van der Waals surface area contributed by atoms with Crippen LogP contribution in [0.25, 0.3) is 0 Å². The van der Waals surface area contributed by atoms with Crippen LogP contribution >= 0.6 is 0 Å². The second-order valence-corrected chi connectivity index (χ2v) is 9.80. The van der Waals surface area contributed by atoms with E-state index in [1.807, 2.05) is 4.90 Å². The van der Waals surface area contributed by atoms with Gasteiger partial charge in [0.15, 0.2) is 0 Å². The largest absolute Gasteiger partial charge is 0.301 e. The summed E-state index contributed by atoms with van der Waals surface area (Å²) in [6, 6.07) is 0.654. The first-order valence-electron chi connectivity index (χ1n) is 8.88. The summed E-state index contributed by atoms with van der Waals surface area (Å²) in [5.41, 5.74) is 0.463. The Morgan fingerprint density at radius 3 is 2.04 bits per heavy atom. The summed E-state index contributed by atoms with van der Waals surface area (Å²) in [4.78, 5) is 6.86. The molecular weight excluding hydrogens is 296 g/mol. The van der Waals surface area contributed by atoms with Crippen LogP contribution < -0.4 is 0 Å². The van der Waals surface area contributed by atoms with E-state index in [1.54, 1.807) is 0 Å². The van der Waals surface area contributed by atoms with Gasteiger partial charge in [0.05, 0.1) is 13.1 Å². The van der Waals surface area contributed by atoms with Crippen LogP contribution in [0.15, 0.2) is 0 Å². The quantitative estimate of drug-likeness (QED) is 0.710. The molecular formula is C18H35F2N3. The van der Waals surface area contributed by atoms with Gasteiger partial charge in [0, 0.05) is 32.2 Å². The van der Waals surface area contributed by atoms with Gasteiger partial charge < -0.3 is 4.90 Å². The van der Waals surface area contributed by atoms with Crippen molar-refractivity contribution < 1.29 is 8.78 Å². The first-order chi connectivity index (χ1) is 10.4. The third-order valence-electron chi connectivity index (χ3n) is 4.96. The summed E-state index contributed by atoms with van der Waals surface area (Å²) in [7, 11) is 2.20. The van der Waals surface area contributed by atoms with Gasteiger partial charge in [-0.15, -0.1) is 0 Å². The summed E-state index contributed by atoms with van der Waals surface area (Å²) in [5.74, 6) is -2.45. The first kappa shape index (κ1) is 19.1. The number of likely N-dealkylation sites (tertiary alicyclic amines) is 2. The van der Waals surface area contributed by atoms with E-state index in [9.17, 15) is 8.78 Å². The molecule has 2 aliphatic heterocycles. The van der Waals surface area contributed by atoms with Gasteiger partial charge in [-0.25, -0.2) is 8.78 Å². The molecule has 0 spiro atoms. The second kappa shape index (κ2) is 6.57. The molecule has 0 atom stereocenters. The molecule has 0 N–H and O–H groups in total. The predicted octanol–water partition coefficient (Wildman–Crippen LogP) is 3.02. The Balaban J connectivity index is 1.64. The number of rotatable bonds is 7. The van der Waals surface area contributed by atoms with Crippen LogP contribution in [0.3, 0.4) is 0 Å². The summed E-state index contributed by atoms with van der Waals surface area (Å²) in [6.07, 6.45) is 1.06. The fraction of sp³-hybridized carbons (Fsp3) is 1.00. The fourth-order valence-corrected chi connectivity index (χ4v) is 3.69. The lowest BCUT2D eigenvalue weighted by atomic mass is 9.86. The molecule has 2 rings (SSSR count). The molecule has 23 heavy (non-hydrogen) atoms. The van der Waals surface area contributed by atoms with E-state index in [0.717, 1.165) is 39.1 Å². The van der Waals surface area contributed by atoms with Gasteiger partial charge in [-0.1, -0.05) is 34.6 Å². The number of likely N-dealkylation sites (N-methyl/N-ethyl adjacent to an activating group) is 1. The normalized spacial score (nSPS) is 23.9. The van der Waals surface area contributed by atoms with Gasteiger partial charge >= 0.3 is 0 Å². The van der Waals surface area contributed by atoms with Crippen molar-refractivity contribution in [2.75, 3.05) is 52.9 Å². The van der Waals surface area contributed by atoms with Gasteiger partial charge in [0.25, 0.3) is 5.92 Å². The highest BCUT2D eigenvalue weighted by Gasteiger charge is 2.45. The van der Waals surface area contributed by atoms with Gasteiger partial charge in [-0.05, 0) is 30.8 Å². The Morgan fingerprint density at radius 1 is 1.00 bits per heavy atom. The minimum atomic E-state index is -2.45. The maximum absolute atomic E-state index is 12.9.